The summed E-state index contributed by atoms with van der Waals surface area (Å²) < 4.78 is 6.70. The number of piperidine rings is 1. The van der Waals surface area contributed by atoms with Gasteiger partial charge in [0.2, 0.25) is 0 Å². The predicted octanol–water partition coefficient (Wildman–Crippen LogP) is 6.09. The van der Waals surface area contributed by atoms with Gasteiger partial charge in [-0.1, -0.05) is 51.1 Å². The van der Waals surface area contributed by atoms with E-state index in [0.717, 1.165) is 25.8 Å². The van der Waals surface area contributed by atoms with Crippen molar-refractivity contribution in [2.45, 2.75) is 97.2 Å². The van der Waals surface area contributed by atoms with Crippen LogP contribution in [0.5, 0.6) is 0 Å². The second-order valence-corrected chi connectivity index (χ2v) is 13.9. The van der Waals surface area contributed by atoms with Crippen LogP contribution in [0.4, 0.5) is 0 Å². The van der Waals surface area contributed by atoms with E-state index in [0.29, 0.717) is 12.0 Å². The highest BCUT2D eigenvalue weighted by atomic mass is 28.4. The SMILES string of the molecule is CCC1(C)CC(O[Si](C)(C)C)C(C)C(C)(CC)N1Cc1ccccc1. The van der Waals surface area contributed by atoms with Gasteiger partial charge in [0.25, 0.3) is 0 Å². The quantitative estimate of drug-likeness (QED) is 0.569. The Bertz CT molecular complexity index is 555. The van der Waals surface area contributed by atoms with Crippen molar-refractivity contribution in [2.75, 3.05) is 0 Å². The predicted molar refractivity (Wildman–Crippen MR) is 111 cm³/mol. The van der Waals surface area contributed by atoms with Crippen molar-refractivity contribution >= 4 is 8.32 Å². The second-order valence-electron chi connectivity index (χ2n) is 9.39. The molecule has 25 heavy (non-hydrogen) atoms. The van der Waals surface area contributed by atoms with Gasteiger partial charge in [0.1, 0.15) is 0 Å². The summed E-state index contributed by atoms with van der Waals surface area (Å²) in [4.78, 5) is 2.80. The number of benzene rings is 1. The Morgan fingerprint density at radius 1 is 1.08 bits per heavy atom. The normalized spacial score (nSPS) is 34.2. The topological polar surface area (TPSA) is 12.5 Å². The molecule has 4 atom stereocenters. The summed E-state index contributed by atoms with van der Waals surface area (Å²) in [6.07, 6.45) is 3.82. The number of hydrogen-bond donors (Lipinski definition) is 0. The fraction of sp³-hybridized carbons (Fsp3) is 0.727. The lowest BCUT2D eigenvalue weighted by Crippen LogP contribution is -2.68. The Labute approximate surface area is 157 Å². The molecule has 4 unspecified atom stereocenters. The fourth-order valence-electron chi connectivity index (χ4n) is 4.57. The Kier molecular flexibility index (Phi) is 6.23. The van der Waals surface area contributed by atoms with Gasteiger partial charge in [-0.05, 0) is 64.2 Å². The highest BCUT2D eigenvalue weighted by Crippen LogP contribution is 2.47. The van der Waals surface area contributed by atoms with Crippen LogP contribution >= 0.6 is 0 Å². The molecule has 1 heterocycles. The van der Waals surface area contributed by atoms with E-state index in [1.165, 1.54) is 5.56 Å². The zero-order valence-electron chi connectivity index (χ0n) is 17.7. The summed E-state index contributed by atoms with van der Waals surface area (Å²) in [5.41, 5.74) is 1.75. The lowest BCUT2D eigenvalue weighted by molar-refractivity contribution is -0.136. The van der Waals surface area contributed by atoms with E-state index in [1.54, 1.807) is 0 Å². The molecule has 1 aromatic rings. The third-order valence-electron chi connectivity index (χ3n) is 6.61. The maximum atomic E-state index is 6.70. The Hall–Kier alpha value is -0.643. The van der Waals surface area contributed by atoms with Gasteiger partial charge in [0.15, 0.2) is 8.32 Å². The zero-order valence-corrected chi connectivity index (χ0v) is 18.7. The van der Waals surface area contributed by atoms with E-state index < -0.39 is 8.32 Å². The van der Waals surface area contributed by atoms with Gasteiger partial charge in [-0.3, -0.25) is 4.90 Å². The van der Waals surface area contributed by atoms with Crippen LogP contribution in [-0.4, -0.2) is 30.4 Å². The van der Waals surface area contributed by atoms with E-state index in [4.69, 9.17) is 4.43 Å². The minimum Gasteiger partial charge on any atom is -0.414 e. The van der Waals surface area contributed by atoms with E-state index in [-0.39, 0.29) is 11.1 Å². The second kappa shape index (κ2) is 7.54. The van der Waals surface area contributed by atoms with Crippen molar-refractivity contribution < 1.29 is 4.43 Å². The van der Waals surface area contributed by atoms with Crippen LogP contribution in [0.25, 0.3) is 0 Å². The van der Waals surface area contributed by atoms with Crippen LogP contribution in [0, 0.1) is 5.92 Å². The molecular formula is C22H39NOSi. The number of nitrogens with zero attached hydrogens (tertiary/aromatic N) is 1. The molecule has 0 saturated carbocycles. The molecule has 1 fully saturated rings. The van der Waals surface area contributed by atoms with Gasteiger partial charge in [-0.15, -0.1) is 0 Å². The standard InChI is InChI=1S/C22H39NOSi/c1-9-21(4)16-20(24-25(6,7)8)18(3)22(5,10-2)23(21)17-19-14-12-11-13-15-19/h11-15,18,20H,9-10,16-17H2,1-8H3. The van der Waals surface area contributed by atoms with E-state index >= 15 is 0 Å². The molecule has 1 aromatic carbocycles. The lowest BCUT2D eigenvalue weighted by atomic mass is 9.68. The maximum Gasteiger partial charge on any atom is 0.184 e. The van der Waals surface area contributed by atoms with E-state index in [1.807, 2.05) is 0 Å². The smallest absolute Gasteiger partial charge is 0.184 e. The summed E-state index contributed by atoms with van der Waals surface area (Å²) >= 11 is 0. The first-order valence-corrected chi connectivity index (χ1v) is 13.5. The van der Waals surface area contributed by atoms with Crippen molar-refractivity contribution in [2.24, 2.45) is 5.92 Å². The fourth-order valence-corrected chi connectivity index (χ4v) is 5.76. The summed E-state index contributed by atoms with van der Waals surface area (Å²) in [5, 5.41) is 0. The molecule has 0 aromatic heterocycles. The Morgan fingerprint density at radius 2 is 1.68 bits per heavy atom. The van der Waals surface area contributed by atoms with E-state index in [2.05, 4.69) is 89.5 Å². The van der Waals surface area contributed by atoms with Crippen molar-refractivity contribution in [3.8, 4) is 0 Å². The molecule has 0 radical (unpaired) electrons. The van der Waals surface area contributed by atoms with Crippen LogP contribution in [0.3, 0.4) is 0 Å². The largest absolute Gasteiger partial charge is 0.414 e. The number of hydrogen-bond acceptors (Lipinski definition) is 2. The van der Waals surface area contributed by atoms with Gasteiger partial charge < -0.3 is 4.43 Å². The first kappa shape index (κ1) is 20.7. The van der Waals surface area contributed by atoms with Gasteiger partial charge in [0.05, 0.1) is 6.10 Å². The highest BCUT2D eigenvalue weighted by Gasteiger charge is 2.53. The van der Waals surface area contributed by atoms with Gasteiger partial charge in [-0.25, -0.2) is 0 Å². The summed E-state index contributed by atoms with van der Waals surface area (Å²) in [6.45, 7) is 20.0. The molecule has 2 nitrogen and oxygen atoms in total. The molecule has 0 bridgehead atoms. The number of likely N-dealkylation sites (tertiary alicyclic amines) is 1. The molecule has 0 spiro atoms. The molecule has 1 aliphatic rings. The zero-order chi connectivity index (χ0) is 18.9. The highest BCUT2D eigenvalue weighted by molar-refractivity contribution is 6.69. The molecule has 0 aliphatic carbocycles. The van der Waals surface area contributed by atoms with Crippen molar-refractivity contribution in [1.29, 1.82) is 0 Å². The molecule has 1 aliphatic heterocycles. The molecule has 142 valence electrons. The monoisotopic (exact) mass is 361 g/mol. The van der Waals surface area contributed by atoms with Crippen LogP contribution in [-0.2, 0) is 11.0 Å². The molecule has 0 N–H and O–H groups in total. The molecule has 0 amide bonds. The third kappa shape index (κ3) is 4.37. The Balaban J connectivity index is 2.39. The molecule has 2 rings (SSSR count). The summed E-state index contributed by atoms with van der Waals surface area (Å²) in [6, 6.07) is 11.0. The van der Waals surface area contributed by atoms with Crippen LogP contribution < -0.4 is 0 Å². The van der Waals surface area contributed by atoms with Crippen molar-refractivity contribution in [3.05, 3.63) is 35.9 Å². The summed E-state index contributed by atoms with van der Waals surface area (Å²) in [5.74, 6) is 0.535. The summed E-state index contributed by atoms with van der Waals surface area (Å²) in [7, 11) is -1.55. The van der Waals surface area contributed by atoms with E-state index in [9.17, 15) is 0 Å². The minimum atomic E-state index is -1.55. The van der Waals surface area contributed by atoms with Gasteiger partial charge >= 0.3 is 0 Å². The maximum absolute atomic E-state index is 6.70. The molecular weight excluding hydrogens is 322 g/mol. The molecule has 1 saturated heterocycles. The first-order chi connectivity index (χ1) is 11.6. The minimum absolute atomic E-state index is 0.156. The van der Waals surface area contributed by atoms with Crippen LogP contribution in [0.2, 0.25) is 19.6 Å². The average molecular weight is 362 g/mol. The van der Waals surface area contributed by atoms with Crippen LogP contribution in [0.1, 0.15) is 59.4 Å². The van der Waals surface area contributed by atoms with Crippen molar-refractivity contribution in [1.82, 2.24) is 4.90 Å². The average Bonchev–Trinajstić information content (AvgIpc) is 2.56. The number of rotatable bonds is 6. The van der Waals surface area contributed by atoms with Crippen LogP contribution in [0.15, 0.2) is 30.3 Å². The van der Waals surface area contributed by atoms with Crippen molar-refractivity contribution in [3.63, 3.8) is 0 Å². The molecule has 3 heteroatoms. The van der Waals surface area contributed by atoms with Gasteiger partial charge in [-0.2, -0.15) is 0 Å². The first-order valence-electron chi connectivity index (χ1n) is 10.0. The van der Waals surface area contributed by atoms with Gasteiger partial charge in [0, 0.05) is 17.6 Å². The lowest BCUT2D eigenvalue weighted by Gasteiger charge is -2.61. The third-order valence-corrected chi connectivity index (χ3v) is 7.62. The Morgan fingerprint density at radius 3 is 2.16 bits per heavy atom.